The number of ketones is 1. The summed E-state index contributed by atoms with van der Waals surface area (Å²) in [6.45, 7) is 4.62. The van der Waals surface area contributed by atoms with Crippen LogP contribution >= 0.6 is 0 Å². The Morgan fingerprint density at radius 3 is 2.45 bits per heavy atom. The van der Waals surface area contributed by atoms with E-state index in [1.54, 1.807) is 0 Å². The lowest BCUT2D eigenvalue weighted by atomic mass is 9.45. The first-order chi connectivity index (χ1) is 15.6. The van der Waals surface area contributed by atoms with Crippen LogP contribution in [0.2, 0.25) is 0 Å². The van der Waals surface area contributed by atoms with Gasteiger partial charge in [-0.25, -0.2) is 4.79 Å². The number of hydrogen-bond acceptors (Lipinski definition) is 7. The van der Waals surface area contributed by atoms with Crippen LogP contribution in [0, 0.1) is 34.5 Å². The lowest BCUT2D eigenvalue weighted by Crippen LogP contribution is -2.61. The van der Waals surface area contributed by atoms with Crippen molar-refractivity contribution in [3.8, 4) is 0 Å². The molecule has 5 aliphatic rings. The maximum atomic E-state index is 12.6. The Balaban J connectivity index is 1.26. The van der Waals surface area contributed by atoms with Crippen molar-refractivity contribution in [2.45, 2.75) is 108 Å². The van der Waals surface area contributed by atoms with Crippen molar-refractivity contribution in [3.63, 3.8) is 0 Å². The van der Waals surface area contributed by atoms with Crippen LogP contribution in [-0.2, 0) is 19.1 Å². The lowest BCUT2D eigenvalue weighted by Gasteiger charge is -2.60. The number of carboxylic acid groups (broad SMARTS) is 1. The minimum atomic E-state index is -1.71. The third-order valence-corrected chi connectivity index (χ3v) is 10.5. The van der Waals surface area contributed by atoms with Crippen LogP contribution < -0.4 is 0 Å². The van der Waals surface area contributed by atoms with Crippen molar-refractivity contribution in [1.29, 1.82) is 0 Å². The molecule has 186 valence electrons. The molecule has 8 heteroatoms. The molecule has 12 atom stereocenters. The smallest absolute Gasteiger partial charge is 0.335 e. The third-order valence-electron chi connectivity index (χ3n) is 10.5. The average Bonchev–Trinajstić information content (AvgIpc) is 3.08. The zero-order chi connectivity index (χ0) is 23.7. The van der Waals surface area contributed by atoms with E-state index in [0.717, 1.165) is 57.8 Å². The predicted octanol–water partition coefficient (Wildman–Crippen LogP) is 1.88. The van der Waals surface area contributed by atoms with Crippen LogP contribution in [0.25, 0.3) is 0 Å². The van der Waals surface area contributed by atoms with E-state index < -0.39 is 36.7 Å². The van der Waals surface area contributed by atoms with E-state index in [0.29, 0.717) is 29.5 Å². The third kappa shape index (κ3) is 3.59. The fraction of sp³-hybridized carbons (Fsp3) is 0.920. The van der Waals surface area contributed by atoms with Gasteiger partial charge in [0.25, 0.3) is 0 Å². The molecule has 0 aromatic heterocycles. The predicted molar refractivity (Wildman–Crippen MR) is 116 cm³/mol. The number of aliphatic hydroxyl groups is 3. The molecule has 0 spiro atoms. The Hall–Kier alpha value is -1.06. The van der Waals surface area contributed by atoms with E-state index in [1.165, 1.54) is 0 Å². The van der Waals surface area contributed by atoms with E-state index in [9.17, 15) is 30.0 Å². The number of carbonyl (C=O) groups excluding carboxylic acids is 1. The number of ether oxygens (including phenoxy) is 2. The van der Waals surface area contributed by atoms with Crippen LogP contribution in [0.3, 0.4) is 0 Å². The molecule has 1 heterocycles. The topological polar surface area (TPSA) is 134 Å². The van der Waals surface area contributed by atoms with Crippen molar-refractivity contribution < 1.29 is 39.5 Å². The Morgan fingerprint density at radius 2 is 1.73 bits per heavy atom. The molecule has 5 fully saturated rings. The van der Waals surface area contributed by atoms with E-state index in [-0.39, 0.29) is 16.9 Å². The average molecular weight is 467 g/mol. The summed E-state index contributed by atoms with van der Waals surface area (Å²) in [6.07, 6.45) is 0.719. The number of carboxylic acids is 1. The minimum absolute atomic E-state index is 0.120. The lowest BCUT2D eigenvalue weighted by molar-refractivity contribution is -0.309. The molecule has 4 saturated carbocycles. The zero-order valence-electron chi connectivity index (χ0n) is 19.6. The second-order valence-corrected chi connectivity index (χ2v) is 11.8. The molecule has 1 aliphatic heterocycles. The Kier molecular flexibility index (Phi) is 5.93. The number of carbonyl (C=O) groups is 2. The first-order valence-electron chi connectivity index (χ1n) is 12.7. The normalized spacial score (nSPS) is 54.3. The standard InChI is InChI=1S/C25H38O8/c1-24-9-7-13(32-23-20(29)18(27)19(28)21(33-23)22(30)31)11-12(24)3-4-14-15-5-6-17(26)25(15,2)10-8-16(14)24/h12-16,18-21,23,27-29H,3-11H2,1-2H3,(H,30,31)/t12?,13-,14-,15-,16-,18-,19-,20+,21-,23+,24-,25-/m0/s1. The molecule has 0 aromatic carbocycles. The second-order valence-electron chi connectivity index (χ2n) is 11.8. The molecular weight excluding hydrogens is 428 g/mol. The first-order valence-corrected chi connectivity index (χ1v) is 12.7. The van der Waals surface area contributed by atoms with E-state index >= 15 is 0 Å². The number of fused-ring (bicyclic) bond motifs is 5. The number of Topliss-reactive ketones (excluding diaryl/α,β-unsaturated/α-hetero) is 1. The largest absolute Gasteiger partial charge is 0.479 e. The van der Waals surface area contributed by atoms with Gasteiger partial charge in [0.1, 0.15) is 24.1 Å². The highest BCUT2D eigenvalue weighted by atomic mass is 16.7. The van der Waals surface area contributed by atoms with E-state index in [1.807, 2.05) is 0 Å². The number of rotatable bonds is 3. The van der Waals surface area contributed by atoms with Gasteiger partial charge in [-0.05, 0) is 80.5 Å². The van der Waals surface area contributed by atoms with Gasteiger partial charge in [0.15, 0.2) is 12.4 Å². The fourth-order valence-electron chi connectivity index (χ4n) is 8.47. The molecule has 8 nitrogen and oxygen atoms in total. The van der Waals surface area contributed by atoms with Crippen molar-refractivity contribution >= 4 is 11.8 Å². The van der Waals surface area contributed by atoms with Gasteiger partial charge >= 0.3 is 5.97 Å². The molecule has 4 aliphatic carbocycles. The van der Waals surface area contributed by atoms with Crippen LogP contribution in [0.15, 0.2) is 0 Å². The molecule has 0 radical (unpaired) electrons. The van der Waals surface area contributed by atoms with Crippen LogP contribution in [0.4, 0.5) is 0 Å². The molecule has 5 rings (SSSR count). The summed E-state index contributed by atoms with van der Waals surface area (Å²) >= 11 is 0. The number of aliphatic hydroxyl groups excluding tert-OH is 3. The van der Waals surface area contributed by atoms with Crippen molar-refractivity contribution in [1.82, 2.24) is 0 Å². The Morgan fingerprint density at radius 1 is 0.970 bits per heavy atom. The van der Waals surface area contributed by atoms with Gasteiger partial charge in [-0.2, -0.15) is 0 Å². The molecule has 1 unspecified atom stereocenters. The molecule has 4 N–H and O–H groups in total. The molecular formula is C25H38O8. The molecule has 0 bridgehead atoms. The van der Waals surface area contributed by atoms with E-state index in [2.05, 4.69) is 13.8 Å². The number of hydrogen-bond donors (Lipinski definition) is 4. The zero-order valence-corrected chi connectivity index (χ0v) is 19.6. The summed E-state index contributed by atoms with van der Waals surface area (Å²) in [6, 6.07) is 0. The Labute approximate surface area is 194 Å². The monoisotopic (exact) mass is 466 g/mol. The van der Waals surface area contributed by atoms with Crippen LogP contribution in [-0.4, -0.2) is 69.0 Å². The van der Waals surface area contributed by atoms with Crippen molar-refractivity contribution in [2.24, 2.45) is 34.5 Å². The summed E-state index contributed by atoms with van der Waals surface area (Å²) in [5.41, 5.74) is 0.0757. The van der Waals surface area contributed by atoms with Gasteiger partial charge in [0, 0.05) is 11.8 Å². The van der Waals surface area contributed by atoms with Gasteiger partial charge in [-0.1, -0.05) is 13.8 Å². The summed E-state index contributed by atoms with van der Waals surface area (Å²) in [4.78, 5) is 24.0. The summed E-state index contributed by atoms with van der Waals surface area (Å²) < 4.78 is 11.4. The second kappa shape index (κ2) is 8.26. The SMILES string of the molecule is C[C@]12CC[C@H](O[C@@H]3O[C@H](C(=O)O)[C@@H](O)[C@H](O)[C@H]3O)CC1CC[C@@H]1[C@@H]2CC[C@]2(C)C(=O)CC[C@@H]12. The van der Waals surface area contributed by atoms with Gasteiger partial charge in [-0.15, -0.1) is 0 Å². The first kappa shape index (κ1) is 23.7. The highest BCUT2D eigenvalue weighted by Gasteiger charge is 2.60. The quantitative estimate of drug-likeness (QED) is 0.463. The highest BCUT2D eigenvalue weighted by molar-refractivity contribution is 5.87. The van der Waals surface area contributed by atoms with Crippen molar-refractivity contribution in [2.75, 3.05) is 0 Å². The Bertz CT molecular complexity index is 801. The molecule has 0 aromatic rings. The molecule has 0 amide bonds. The fourth-order valence-corrected chi connectivity index (χ4v) is 8.47. The van der Waals surface area contributed by atoms with Gasteiger partial charge < -0.3 is 29.9 Å². The summed E-state index contributed by atoms with van der Waals surface area (Å²) in [5.74, 6) is 1.28. The van der Waals surface area contributed by atoms with Gasteiger partial charge in [0.05, 0.1) is 6.10 Å². The highest BCUT2D eigenvalue weighted by Crippen LogP contribution is 2.65. The number of aliphatic carboxylic acids is 1. The van der Waals surface area contributed by atoms with Crippen molar-refractivity contribution in [3.05, 3.63) is 0 Å². The van der Waals surface area contributed by atoms with Crippen LogP contribution in [0.1, 0.15) is 71.6 Å². The molecule has 1 saturated heterocycles. The van der Waals surface area contributed by atoms with Crippen LogP contribution in [0.5, 0.6) is 0 Å². The summed E-state index contributed by atoms with van der Waals surface area (Å²) in [7, 11) is 0. The van der Waals surface area contributed by atoms with Gasteiger partial charge in [-0.3, -0.25) is 4.79 Å². The summed E-state index contributed by atoms with van der Waals surface area (Å²) in [5, 5.41) is 39.6. The molecule has 33 heavy (non-hydrogen) atoms. The minimum Gasteiger partial charge on any atom is -0.479 e. The maximum absolute atomic E-state index is 12.6. The van der Waals surface area contributed by atoms with E-state index in [4.69, 9.17) is 9.47 Å². The van der Waals surface area contributed by atoms with Gasteiger partial charge in [0.2, 0.25) is 0 Å². The maximum Gasteiger partial charge on any atom is 0.335 e.